The van der Waals surface area contributed by atoms with Crippen LogP contribution in [0.25, 0.3) is 0 Å². The third-order valence-electron chi connectivity index (χ3n) is 3.77. The van der Waals surface area contributed by atoms with Crippen molar-refractivity contribution in [2.24, 2.45) is 0 Å². The SMILES string of the molecule is CCc1ccc(CC)c(C(=O)COC(=O)CNC(=O)c2ccco2)c1. The number of aryl methyl sites for hydroxylation is 2. The third kappa shape index (κ3) is 5.04. The van der Waals surface area contributed by atoms with E-state index in [0.29, 0.717) is 5.56 Å². The van der Waals surface area contributed by atoms with Gasteiger partial charge in [-0.15, -0.1) is 0 Å². The van der Waals surface area contributed by atoms with Crippen LogP contribution in [-0.2, 0) is 22.4 Å². The van der Waals surface area contributed by atoms with Crippen molar-refractivity contribution in [3.05, 3.63) is 59.0 Å². The van der Waals surface area contributed by atoms with Crippen LogP contribution in [0.5, 0.6) is 0 Å². The molecule has 1 aromatic heterocycles. The molecule has 1 aromatic carbocycles. The summed E-state index contributed by atoms with van der Waals surface area (Å²) in [6, 6.07) is 8.82. The highest BCUT2D eigenvalue weighted by molar-refractivity contribution is 5.99. The Balaban J connectivity index is 1.87. The number of nitrogens with one attached hydrogen (secondary N) is 1. The first-order valence-electron chi connectivity index (χ1n) is 8.17. The molecule has 2 aromatic rings. The summed E-state index contributed by atoms with van der Waals surface area (Å²) < 4.78 is 9.88. The van der Waals surface area contributed by atoms with Crippen LogP contribution in [0.15, 0.2) is 41.0 Å². The van der Waals surface area contributed by atoms with Gasteiger partial charge in [-0.05, 0) is 42.2 Å². The molecule has 0 unspecified atom stereocenters. The molecule has 1 heterocycles. The van der Waals surface area contributed by atoms with E-state index in [9.17, 15) is 14.4 Å². The van der Waals surface area contributed by atoms with Gasteiger partial charge in [0.2, 0.25) is 5.78 Å². The maximum Gasteiger partial charge on any atom is 0.325 e. The summed E-state index contributed by atoms with van der Waals surface area (Å²) in [5.74, 6) is -1.35. The second-order valence-corrected chi connectivity index (χ2v) is 5.44. The Kier molecular flexibility index (Phi) is 6.51. The summed E-state index contributed by atoms with van der Waals surface area (Å²) in [5.41, 5.74) is 2.55. The highest BCUT2D eigenvalue weighted by Gasteiger charge is 2.15. The molecular formula is C19H21NO5. The summed E-state index contributed by atoms with van der Waals surface area (Å²) in [4.78, 5) is 35.7. The van der Waals surface area contributed by atoms with Crippen LogP contribution in [-0.4, -0.2) is 30.8 Å². The summed E-state index contributed by atoms with van der Waals surface area (Å²) in [6.45, 7) is 3.29. The minimum Gasteiger partial charge on any atom is -0.459 e. The van der Waals surface area contributed by atoms with E-state index in [1.54, 1.807) is 6.07 Å². The van der Waals surface area contributed by atoms with E-state index < -0.39 is 11.9 Å². The van der Waals surface area contributed by atoms with Gasteiger partial charge >= 0.3 is 5.97 Å². The first-order valence-corrected chi connectivity index (χ1v) is 8.17. The maximum atomic E-state index is 12.3. The van der Waals surface area contributed by atoms with Gasteiger partial charge in [0, 0.05) is 5.56 Å². The molecule has 1 amide bonds. The van der Waals surface area contributed by atoms with Crippen molar-refractivity contribution in [1.82, 2.24) is 5.32 Å². The zero-order chi connectivity index (χ0) is 18.2. The fourth-order valence-corrected chi connectivity index (χ4v) is 2.33. The maximum absolute atomic E-state index is 12.3. The number of ether oxygens (including phenoxy) is 1. The fourth-order valence-electron chi connectivity index (χ4n) is 2.33. The van der Waals surface area contributed by atoms with E-state index in [-0.39, 0.29) is 24.7 Å². The molecule has 0 aliphatic carbocycles. The molecule has 132 valence electrons. The molecule has 0 saturated carbocycles. The first kappa shape index (κ1) is 18.4. The normalized spacial score (nSPS) is 10.3. The van der Waals surface area contributed by atoms with Gasteiger partial charge in [0.1, 0.15) is 6.54 Å². The number of Topliss-reactive ketones (excluding diaryl/α,β-unsaturated/α-hetero) is 1. The van der Waals surface area contributed by atoms with Crippen molar-refractivity contribution in [2.75, 3.05) is 13.2 Å². The molecule has 0 fully saturated rings. The lowest BCUT2D eigenvalue weighted by molar-refractivity contribution is -0.141. The third-order valence-corrected chi connectivity index (χ3v) is 3.77. The number of ketones is 1. The molecule has 1 N–H and O–H groups in total. The topological polar surface area (TPSA) is 85.6 Å². The second-order valence-electron chi connectivity index (χ2n) is 5.44. The number of benzene rings is 1. The Bertz CT molecular complexity index is 749. The average molecular weight is 343 g/mol. The van der Waals surface area contributed by atoms with Crippen molar-refractivity contribution in [2.45, 2.75) is 26.7 Å². The summed E-state index contributed by atoms with van der Waals surface area (Å²) in [7, 11) is 0. The number of furan rings is 1. The van der Waals surface area contributed by atoms with Gasteiger partial charge in [-0.2, -0.15) is 0 Å². The molecular weight excluding hydrogens is 322 g/mol. The van der Waals surface area contributed by atoms with Crippen molar-refractivity contribution in [3.8, 4) is 0 Å². The molecule has 0 atom stereocenters. The lowest BCUT2D eigenvalue weighted by Crippen LogP contribution is -2.31. The Morgan fingerprint density at radius 3 is 2.56 bits per heavy atom. The fraction of sp³-hybridized carbons (Fsp3) is 0.316. The Hall–Kier alpha value is -2.89. The van der Waals surface area contributed by atoms with Gasteiger partial charge in [0.05, 0.1) is 6.26 Å². The Morgan fingerprint density at radius 2 is 1.92 bits per heavy atom. The van der Waals surface area contributed by atoms with Crippen molar-refractivity contribution in [3.63, 3.8) is 0 Å². The van der Waals surface area contributed by atoms with Crippen LogP contribution < -0.4 is 5.32 Å². The van der Waals surface area contributed by atoms with E-state index in [2.05, 4.69) is 5.32 Å². The van der Waals surface area contributed by atoms with Crippen LogP contribution in [0, 0.1) is 0 Å². The number of rotatable bonds is 8. The largest absolute Gasteiger partial charge is 0.459 e. The van der Waals surface area contributed by atoms with Gasteiger partial charge in [-0.3, -0.25) is 14.4 Å². The van der Waals surface area contributed by atoms with Gasteiger partial charge in [-0.1, -0.05) is 26.0 Å². The molecule has 6 nitrogen and oxygen atoms in total. The summed E-state index contributed by atoms with van der Waals surface area (Å²) in [5, 5.41) is 2.37. The number of hydrogen-bond acceptors (Lipinski definition) is 5. The predicted molar refractivity (Wildman–Crippen MR) is 91.5 cm³/mol. The molecule has 0 spiro atoms. The van der Waals surface area contributed by atoms with Crippen molar-refractivity contribution >= 4 is 17.7 Å². The Morgan fingerprint density at radius 1 is 1.12 bits per heavy atom. The van der Waals surface area contributed by atoms with Crippen LogP contribution in [0.4, 0.5) is 0 Å². The monoisotopic (exact) mass is 343 g/mol. The van der Waals surface area contributed by atoms with Gasteiger partial charge in [0.25, 0.3) is 5.91 Å². The van der Waals surface area contributed by atoms with Crippen molar-refractivity contribution in [1.29, 1.82) is 0 Å². The number of carbonyl (C=O) groups is 3. The minimum atomic E-state index is -0.682. The van der Waals surface area contributed by atoms with E-state index in [4.69, 9.17) is 9.15 Å². The van der Waals surface area contributed by atoms with Crippen LogP contribution in [0.2, 0.25) is 0 Å². The molecule has 0 aliphatic heterocycles. The molecule has 0 aliphatic rings. The van der Waals surface area contributed by atoms with E-state index in [0.717, 1.165) is 24.0 Å². The number of carbonyl (C=O) groups excluding carboxylic acids is 3. The molecule has 2 rings (SSSR count). The molecule has 25 heavy (non-hydrogen) atoms. The number of amides is 1. The smallest absolute Gasteiger partial charge is 0.325 e. The highest BCUT2D eigenvalue weighted by Crippen LogP contribution is 2.14. The van der Waals surface area contributed by atoms with Crippen LogP contribution >= 0.6 is 0 Å². The van der Waals surface area contributed by atoms with Crippen molar-refractivity contribution < 1.29 is 23.5 Å². The van der Waals surface area contributed by atoms with E-state index in [1.165, 1.54) is 12.3 Å². The lowest BCUT2D eigenvalue weighted by Gasteiger charge is -2.10. The highest BCUT2D eigenvalue weighted by atomic mass is 16.5. The standard InChI is InChI=1S/C19H21NO5/c1-3-13-7-8-14(4-2)15(10-13)16(21)12-25-18(22)11-20-19(23)17-6-5-9-24-17/h5-10H,3-4,11-12H2,1-2H3,(H,20,23). The number of hydrogen-bond donors (Lipinski definition) is 1. The lowest BCUT2D eigenvalue weighted by atomic mass is 9.98. The molecule has 6 heteroatoms. The van der Waals surface area contributed by atoms with Crippen LogP contribution in [0.1, 0.15) is 45.9 Å². The Labute approximate surface area is 146 Å². The summed E-state index contributed by atoms with van der Waals surface area (Å²) >= 11 is 0. The van der Waals surface area contributed by atoms with Gasteiger partial charge < -0.3 is 14.5 Å². The zero-order valence-electron chi connectivity index (χ0n) is 14.3. The predicted octanol–water partition coefficient (Wildman–Crippen LogP) is 2.56. The van der Waals surface area contributed by atoms with Gasteiger partial charge in [-0.25, -0.2) is 0 Å². The van der Waals surface area contributed by atoms with Crippen LogP contribution in [0.3, 0.4) is 0 Å². The zero-order valence-corrected chi connectivity index (χ0v) is 14.3. The number of esters is 1. The first-order chi connectivity index (χ1) is 12.0. The molecule has 0 saturated heterocycles. The van der Waals surface area contributed by atoms with Gasteiger partial charge in [0.15, 0.2) is 12.4 Å². The second kappa shape index (κ2) is 8.82. The van der Waals surface area contributed by atoms with E-state index in [1.807, 2.05) is 32.0 Å². The molecule has 0 radical (unpaired) electrons. The average Bonchev–Trinajstić information content (AvgIpc) is 3.18. The molecule has 0 bridgehead atoms. The minimum absolute atomic E-state index is 0.104. The quantitative estimate of drug-likeness (QED) is 0.588. The van der Waals surface area contributed by atoms with E-state index >= 15 is 0 Å². The summed E-state index contributed by atoms with van der Waals surface area (Å²) in [6.07, 6.45) is 2.91.